The van der Waals surface area contributed by atoms with Gasteiger partial charge in [0.2, 0.25) is 17.0 Å². The van der Waals surface area contributed by atoms with E-state index in [-0.39, 0.29) is 12.2 Å². The molecular weight excluding hydrogens is 480 g/mol. The fraction of sp³-hybridized carbons (Fsp3) is 0.562. The smallest absolute Gasteiger partial charge is 0.274 e. The Morgan fingerprint density at radius 1 is 0.974 bits per heavy atom. The highest BCUT2D eigenvalue weighted by Crippen LogP contribution is 2.56. The number of fused-ring (bicyclic) bond motifs is 5. The lowest BCUT2D eigenvalue weighted by atomic mass is 9.66. The largest absolute Gasteiger partial charge is 0.490 e. The first-order chi connectivity index (χ1) is 17.9. The monoisotopic (exact) mass is 522 g/mol. The van der Waals surface area contributed by atoms with E-state index < -0.39 is 28.0 Å². The Kier molecular flexibility index (Phi) is 7.94. The van der Waals surface area contributed by atoms with Crippen molar-refractivity contribution in [3.05, 3.63) is 74.6 Å². The Balaban J connectivity index is 1.42. The second kappa shape index (κ2) is 10.7. The highest BCUT2D eigenvalue weighted by molar-refractivity contribution is 6.03. The minimum absolute atomic E-state index is 0.0476. The van der Waals surface area contributed by atoms with Crippen LogP contribution in [-0.4, -0.2) is 22.3 Å². The summed E-state index contributed by atoms with van der Waals surface area (Å²) in [5.41, 5.74) is 2.75. The van der Waals surface area contributed by atoms with Crippen molar-refractivity contribution in [2.45, 2.75) is 116 Å². The van der Waals surface area contributed by atoms with E-state index in [9.17, 15) is 14.7 Å². The van der Waals surface area contributed by atoms with Gasteiger partial charge < -0.3 is 19.0 Å². The molecule has 0 saturated carbocycles. The molecule has 2 bridgehead atoms. The zero-order chi connectivity index (χ0) is 27.7. The van der Waals surface area contributed by atoms with Gasteiger partial charge in [0, 0.05) is 18.1 Å². The van der Waals surface area contributed by atoms with Crippen LogP contribution in [-0.2, 0) is 14.9 Å². The summed E-state index contributed by atoms with van der Waals surface area (Å²) in [5.74, 6) is -1.89. The lowest BCUT2D eigenvalue weighted by molar-refractivity contribution is -0.191. The molecule has 206 valence electrons. The zero-order valence-corrected chi connectivity index (χ0v) is 23.7. The van der Waals surface area contributed by atoms with Gasteiger partial charge in [-0.05, 0) is 92.9 Å². The molecule has 4 rings (SSSR count). The van der Waals surface area contributed by atoms with Crippen molar-refractivity contribution >= 4 is 5.78 Å². The summed E-state index contributed by atoms with van der Waals surface area (Å²) in [4.78, 5) is 25.7. The van der Waals surface area contributed by atoms with Crippen LogP contribution in [0.4, 0.5) is 0 Å². The third-order valence-electron chi connectivity index (χ3n) is 8.15. The molecule has 1 aliphatic carbocycles. The predicted octanol–water partition coefficient (Wildman–Crippen LogP) is 6.97. The molecule has 0 aromatic carbocycles. The minimum Gasteiger partial charge on any atom is -0.490 e. The SMILES string of the molecule is CC(C)=CCC/C(C)=C/CC/C(C)=C/CC[C@]1(C)CCC2=C(O1)[C@]1(C)C[C@@](O)(Oc3c1occc3=O)C2=O. The molecule has 3 aliphatic rings. The fourth-order valence-corrected chi connectivity index (χ4v) is 5.86. The summed E-state index contributed by atoms with van der Waals surface area (Å²) in [5, 5.41) is 11.1. The number of hydrogen-bond acceptors (Lipinski definition) is 6. The zero-order valence-electron chi connectivity index (χ0n) is 23.7. The quantitative estimate of drug-likeness (QED) is 0.352. The number of ether oxygens (including phenoxy) is 2. The van der Waals surface area contributed by atoms with Crippen LogP contribution in [0.1, 0.15) is 105 Å². The van der Waals surface area contributed by atoms with Crippen molar-refractivity contribution in [3.8, 4) is 5.75 Å². The van der Waals surface area contributed by atoms with Gasteiger partial charge in [-0.1, -0.05) is 34.9 Å². The average molecular weight is 523 g/mol. The molecule has 0 saturated heterocycles. The summed E-state index contributed by atoms with van der Waals surface area (Å²) in [6.07, 6.45) is 15.3. The van der Waals surface area contributed by atoms with Crippen LogP contribution in [0.3, 0.4) is 0 Å². The van der Waals surface area contributed by atoms with Crippen LogP contribution < -0.4 is 10.2 Å². The Labute approximate surface area is 226 Å². The van der Waals surface area contributed by atoms with Gasteiger partial charge in [-0.15, -0.1) is 0 Å². The van der Waals surface area contributed by atoms with Gasteiger partial charge in [0.1, 0.15) is 11.4 Å². The van der Waals surface area contributed by atoms with Crippen LogP contribution in [0.15, 0.2) is 67.8 Å². The molecule has 0 radical (unpaired) electrons. The second-order valence-electron chi connectivity index (χ2n) is 12.0. The van der Waals surface area contributed by atoms with E-state index in [1.165, 1.54) is 29.0 Å². The number of hydrogen-bond donors (Lipinski definition) is 1. The molecule has 0 unspecified atom stereocenters. The Hall–Kier alpha value is -2.86. The molecule has 1 aromatic heterocycles. The predicted molar refractivity (Wildman–Crippen MR) is 148 cm³/mol. The lowest BCUT2D eigenvalue weighted by Crippen LogP contribution is -2.60. The topological polar surface area (TPSA) is 86.0 Å². The van der Waals surface area contributed by atoms with Gasteiger partial charge in [-0.2, -0.15) is 0 Å². The highest BCUT2D eigenvalue weighted by atomic mass is 16.6. The van der Waals surface area contributed by atoms with E-state index in [1.807, 2.05) is 6.92 Å². The maximum absolute atomic E-state index is 13.2. The molecule has 3 heterocycles. The third-order valence-corrected chi connectivity index (χ3v) is 8.15. The molecule has 3 atom stereocenters. The Bertz CT molecular complexity index is 1270. The number of allylic oxidation sites excluding steroid dienone is 7. The summed E-state index contributed by atoms with van der Waals surface area (Å²) in [6, 6.07) is 1.23. The van der Waals surface area contributed by atoms with Crippen molar-refractivity contribution in [2.24, 2.45) is 0 Å². The number of Topliss-reactive ketones (excluding diaryl/α,β-unsaturated/α-hetero) is 1. The first-order valence-electron chi connectivity index (χ1n) is 13.8. The van der Waals surface area contributed by atoms with Crippen LogP contribution in [0, 0.1) is 0 Å². The van der Waals surface area contributed by atoms with Crippen LogP contribution >= 0.6 is 0 Å². The van der Waals surface area contributed by atoms with Crippen molar-refractivity contribution in [1.29, 1.82) is 0 Å². The molecular formula is C32H42O6. The van der Waals surface area contributed by atoms with Gasteiger partial charge in [-0.25, -0.2) is 0 Å². The lowest BCUT2D eigenvalue weighted by Gasteiger charge is -2.51. The van der Waals surface area contributed by atoms with E-state index in [0.717, 1.165) is 38.5 Å². The highest BCUT2D eigenvalue weighted by Gasteiger charge is 2.62. The molecule has 2 aliphatic heterocycles. The number of rotatable bonds is 9. The molecule has 6 heteroatoms. The minimum atomic E-state index is -2.08. The van der Waals surface area contributed by atoms with E-state index >= 15 is 0 Å². The fourth-order valence-electron chi connectivity index (χ4n) is 5.86. The third kappa shape index (κ3) is 5.61. The van der Waals surface area contributed by atoms with Gasteiger partial charge in [0.05, 0.1) is 11.7 Å². The van der Waals surface area contributed by atoms with Crippen LogP contribution in [0.5, 0.6) is 5.75 Å². The van der Waals surface area contributed by atoms with Crippen molar-refractivity contribution in [1.82, 2.24) is 0 Å². The number of carbonyl (C=O) groups excluding carboxylic acids is 1. The molecule has 38 heavy (non-hydrogen) atoms. The maximum Gasteiger partial charge on any atom is 0.274 e. The van der Waals surface area contributed by atoms with E-state index in [4.69, 9.17) is 13.9 Å². The molecule has 0 spiro atoms. The summed E-state index contributed by atoms with van der Waals surface area (Å²) in [6.45, 7) is 12.6. The number of aliphatic hydroxyl groups is 1. The molecule has 1 N–H and O–H groups in total. The maximum atomic E-state index is 13.2. The standard InChI is InChI=1S/C32H42O6/c1-21(2)10-7-11-22(3)12-8-13-23(4)14-9-17-30(5)18-15-24-27(34)32(35)20-31(6,28(24)38-30)29-26(37-32)25(33)16-19-36-29/h10,12,14,16,19,35H,7-9,11,13,15,17-18,20H2,1-6H3/b22-12+,23-14+/t30-,31+,32-/m1/s1. The van der Waals surface area contributed by atoms with Gasteiger partial charge in [0.15, 0.2) is 5.76 Å². The molecule has 0 amide bonds. The van der Waals surface area contributed by atoms with E-state index in [0.29, 0.717) is 29.9 Å². The Morgan fingerprint density at radius 3 is 2.32 bits per heavy atom. The summed E-state index contributed by atoms with van der Waals surface area (Å²) >= 11 is 0. The van der Waals surface area contributed by atoms with Gasteiger partial charge >= 0.3 is 0 Å². The average Bonchev–Trinajstić information content (AvgIpc) is 2.83. The Morgan fingerprint density at radius 2 is 1.63 bits per heavy atom. The summed E-state index contributed by atoms with van der Waals surface area (Å²) < 4.78 is 17.9. The molecule has 0 fully saturated rings. The first kappa shape index (κ1) is 28.2. The van der Waals surface area contributed by atoms with Crippen molar-refractivity contribution < 1.29 is 23.8 Å². The van der Waals surface area contributed by atoms with Crippen LogP contribution in [0.2, 0.25) is 0 Å². The molecule has 1 aromatic rings. The molecule has 6 nitrogen and oxygen atoms in total. The van der Waals surface area contributed by atoms with Gasteiger partial charge in [-0.3, -0.25) is 9.59 Å². The summed E-state index contributed by atoms with van der Waals surface area (Å²) in [7, 11) is 0. The number of carbonyl (C=O) groups is 1. The normalized spacial score (nSPS) is 28.8. The van der Waals surface area contributed by atoms with Crippen molar-refractivity contribution in [3.63, 3.8) is 0 Å². The van der Waals surface area contributed by atoms with Crippen molar-refractivity contribution in [2.75, 3.05) is 0 Å². The van der Waals surface area contributed by atoms with E-state index in [2.05, 4.69) is 52.8 Å². The second-order valence-corrected chi connectivity index (χ2v) is 12.0. The number of ketones is 1. The van der Waals surface area contributed by atoms with Gasteiger partial charge in [0.25, 0.3) is 5.79 Å². The van der Waals surface area contributed by atoms with E-state index in [1.54, 1.807) is 0 Å². The van der Waals surface area contributed by atoms with Crippen LogP contribution in [0.25, 0.3) is 0 Å². The first-order valence-corrected chi connectivity index (χ1v) is 13.8.